The highest BCUT2D eigenvalue weighted by Crippen LogP contribution is 2.18. The smallest absolute Gasteiger partial charge is 0.235 e. The summed E-state index contributed by atoms with van der Waals surface area (Å²) in [6, 6.07) is 10.3. The molecule has 0 fully saturated rings. The molecule has 2 aromatic rings. The number of rotatable bonds is 7. The maximum absolute atomic E-state index is 12.0. The van der Waals surface area contributed by atoms with Gasteiger partial charge in [-0.1, -0.05) is 29.8 Å². The molecular formula is C15H17ClN2O4S. The lowest BCUT2D eigenvalue weighted by Crippen LogP contribution is -2.39. The fraction of sp³-hybridized carbons (Fsp3) is 0.267. The summed E-state index contributed by atoms with van der Waals surface area (Å²) < 4.78 is 30.0. The van der Waals surface area contributed by atoms with Crippen LogP contribution in [-0.4, -0.2) is 31.4 Å². The van der Waals surface area contributed by atoms with Crippen LogP contribution in [0.15, 0.2) is 47.1 Å². The largest absolute Gasteiger partial charge is 0.467 e. The highest BCUT2D eigenvalue weighted by atomic mass is 35.5. The van der Waals surface area contributed by atoms with Crippen LogP contribution in [0.5, 0.6) is 0 Å². The van der Waals surface area contributed by atoms with Crippen molar-refractivity contribution < 1.29 is 17.6 Å². The molecule has 23 heavy (non-hydrogen) atoms. The van der Waals surface area contributed by atoms with Gasteiger partial charge in [0.2, 0.25) is 15.9 Å². The van der Waals surface area contributed by atoms with Crippen LogP contribution >= 0.6 is 11.6 Å². The molecule has 0 aliphatic carbocycles. The maximum atomic E-state index is 12.0. The van der Waals surface area contributed by atoms with Crippen molar-refractivity contribution in [1.82, 2.24) is 9.62 Å². The van der Waals surface area contributed by atoms with Crippen molar-refractivity contribution in [3.8, 4) is 0 Å². The number of benzene rings is 1. The third kappa shape index (κ3) is 5.38. The van der Waals surface area contributed by atoms with Crippen molar-refractivity contribution in [2.75, 3.05) is 12.8 Å². The number of carbonyl (C=O) groups is 1. The number of nitrogens with one attached hydrogen (secondary N) is 1. The zero-order chi connectivity index (χ0) is 16.9. The van der Waals surface area contributed by atoms with Crippen molar-refractivity contribution in [1.29, 1.82) is 0 Å². The van der Waals surface area contributed by atoms with Gasteiger partial charge >= 0.3 is 0 Å². The van der Waals surface area contributed by atoms with E-state index in [1.54, 1.807) is 36.4 Å². The standard InChI is InChI=1S/C15H17ClN2O4S/c1-23(20,21)18(10-12-5-2-3-7-14(12)16)11-15(19)17-9-13-6-4-8-22-13/h2-8H,9-11H2,1H3,(H,17,19). The molecule has 1 aromatic heterocycles. The Kier molecular flexibility index (Phi) is 5.81. The average Bonchev–Trinajstić information content (AvgIpc) is 2.99. The van der Waals surface area contributed by atoms with Crippen LogP contribution in [0.25, 0.3) is 0 Å². The Bertz CT molecular complexity index is 760. The van der Waals surface area contributed by atoms with Crippen LogP contribution in [0, 0.1) is 0 Å². The van der Waals surface area contributed by atoms with Gasteiger partial charge in [-0.2, -0.15) is 4.31 Å². The van der Waals surface area contributed by atoms with Crippen molar-refractivity contribution in [3.05, 3.63) is 59.0 Å². The first-order chi connectivity index (χ1) is 10.9. The number of amides is 1. The van der Waals surface area contributed by atoms with Crippen LogP contribution in [0.1, 0.15) is 11.3 Å². The van der Waals surface area contributed by atoms with Gasteiger partial charge in [0.15, 0.2) is 0 Å². The SMILES string of the molecule is CS(=O)(=O)N(CC(=O)NCc1ccco1)Cc1ccccc1Cl. The molecular weight excluding hydrogens is 340 g/mol. The predicted molar refractivity (Wildman–Crippen MR) is 87.3 cm³/mol. The Balaban J connectivity index is 2.01. The van der Waals surface area contributed by atoms with Gasteiger partial charge in [0.05, 0.1) is 25.6 Å². The molecule has 0 aliphatic rings. The molecule has 0 radical (unpaired) electrons. The minimum atomic E-state index is -3.56. The lowest BCUT2D eigenvalue weighted by Gasteiger charge is -2.20. The molecule has 1 amide bonds. The Morgan fingerprint density at radius 3 is 2.61 bits per heavy atom. The van der Waals surface area contributed by atoms with E-state index >= 15 is 0 Å². The molecule has 1 heterocycles. The topological polar surface area (TPSA) is 79.6 Å². The zero-order valence-corrected chi connectivity index (χ0v) is 14.1. The molecule has 0 saturated heterocycles. The number of carbonyl (C=O) groups excluding carboxylic acids is 1. The average molecular weight is 357 g/mol. The summed E-state index contributed by atoms with van der Waals surface area (Å²) in [5.41, 5.74) is 0.637. The van der Waals surface area contributed by atoms with E-state index in [1.165, 1.54) is 6.26 Å². The van der Waals surface area contributed by atoms with Gasteiger partial charge in [-0.3, -0.25) is 4.79 Å². The summed E-state index contributed by atoms with van der Waals surface area (Å²) >= 11 is 6.05. The second kappa shape index (κ2) is 7.63. The summed E-state index contributed by atoms with van der Waals surface area (Å²) in [4.78, 5) is 12.0. The molecule has 0 bridgehead atoms. The molecule has 0 atom stereocenters. The van der Waals surface area contributed by atoms with E-state index in [2.05, 4.69) is 5.32 Å². The third-order valence-electron chi connectivity index (χ3n) is 3.13. The van der Waals surface area contributed by atoms with E-state index < -0.39 is 15.9 Å². The fourth-order valence-electron chi connectivity index (χ4n) is 1.92. The van der Waals surface area contributed by atoms with Gasteiger partial charge in [0.1, 0.15) is 5.76 Å². The number of furan rings is 1. The first kappa shape index (κ1) is 17.5. The summed E-state index contributed by atoms with van der Waals surface area (Å²) in [6.45, 7) is -0.0486. The monoisotopic (exact) mass is 356 g/mol. The van der Waals surface area contributed by atoms with Crippen molar-refractivity contribution in [2.24, 2.45) is 0 Å². The maximum Gasteiger partial charge on any atom is 0.235 e. The number of sulfonamides is 1. The molecule has 1 aromatic carbocycles. The van der Waals surface area contributed by atoms with Gasteiger partial charge in [-0.15, -0.1) is 0 Å². The highest BCUT2D eigenvalue weighted by Gasteiger charge is 2.21. The Labute approximate surface area is 140 Å². The molecule has 6 nitrogen and oxygen atoms in total. The van der Waals surface area contributed by atoms with Crippen LogP contribution in [0.3, 0.4) is 0 Å². The summed E-state index contributed by atoms with van der Waals surface area (Å²) in [6.07, 6.45) is 2.56. The van der Waals surface area contributed by atoms with Crippen molar-refractivity contribution in [3.63, 3.8) is 0 Å². The Hall–Kier alpha value is -1.83. The van der Waals surface area contributed by atoms with Gasteiger partial charge in [-0.25, -0.2) is 8.42 Å². The molecule has 0 saturated carbocycles. The van der Waals surface area contributed by atoms with E-state index in [4.69, 9.17) is 16.0 Å². The summed E-state index contributed by atoms with van der Waals surface area (Å²) in [5.74, 6) is 0.175. The normalized spacial score (nSPS) is 11.6. The third-order valence-corrected chi connectivity index (χ3v) is 4.70. The molecule has 8 heteroatoms. The van der Waals surface area contributed by atoms with E-state index in [0.29, 0.717) is 16.3 Å². The molecule has 0 unspecified atom stereocenters. The second-order valence-corrected chi connectivity index (χ2v) is 7.37. The minimum absolute atomic E-state index is 0.0344. The lowest BCUT2D eigenvalue weighted by molar-refractivity contribution is -0.121. The highest BCUT2D eigenvalue weighted by molar-refractivity contribution is 7.88. The molecule has 124 valence electrons. The van der Waals surface area contributed by atoms with Crippen LogP contribution in [-0.2, 0) is 27.9 Å². The van der Waals surface area contributed by atoms with Crippen LogP contribution < -0.4 is 5.32 Å². The van der Waals surface area contributed by atoms with Crippen molar-refractivity contribution >= 4 is 27.5 Å². The molecule has 0 aliphatic heterocycles. The predicted octanol–water partition coefficient (Wildman–Crippen LogP) is 2.01. The Morgan fingerprint density at radius 2 is 2.00 bits per heavy atom. The number of hydrogen-bond donors (Lipinski definition) is 1. The quantitative estimate of drug-likeness (QED) is 0.823. The van der Waals surface area contributed by atoms with E-state index in [-0.39, 0.29) is 19.6 Å². The zero-order valence-electron chi connectivity index (χ0n) is 12.5. The van der Waals surface area contributed by atoms with Gasteiger partial charge < -0.3 is 9.73 Å². The van der Waals surface area contributed by atoms with Gasteiger partial charge in [0, 0.05) is 11.6 Å². The first-order valence-electron chi connectivity index (χ1n) is 6.84. The van der Waals surface area contributed by atoms with Crippen molar-refractivity contribution in [2.45, 2.75) is 13.1 Å². The Morgan fingerprint density at radius 1 is 1.26 bits per heavy atom. The van der Waals surface area contributed by atoms with E-state index in [1.807, 2.05) is 0 Å². The molecule has 2 rings (SSSR count). The van der Waals surface area contributed by atoms with E-state index in [0.717, 1.165) is 10.6 Å². The number of nitrogens with zero attached hydrogens (tertiary/aromatic N) is 1. The molecule has 1 N–H and O–H groups in total. The second-order valence-electron chi connectivity index (χ2n) is 4.98. The van der Waals surface area contributed by atoms with E-state index in [9.17, 15) is 13.2 Å². The fourth-order valence-corrected chi connectivity index (χ4v) is 2.84. The minimum Gasteiger partial charge on any atom is -0.467 e. The van der Waals surface area contributed by atoms with Gasteiger partial charge in [-0.05, 0) is 23.8 Å². The van der Waals surface area contributed by atoms with Crippen LogP contribution in [0.2, 0.25) is 5.02 Å². The summed E-state index contributed by atoms with van der Waals surface area (Å²) in [7, 11) is -3.56. The first-order valence-corrected chi connectivity index (χ1v) is 9.06. The molecule has 0 spiro atoms. The van der Waals surface area contributed by atoms with Gasteiger partial charge in [0.25, 0.3) is 0 Å². The number of halogens is 1. The summed E-state index contributed by atoms with van der Waals surface area (Å²) in [5, 5.41) is 3.07. The number of hydrogen-bond acceptors (Lipinski definition) is 4. The lowest BCUT2D eigenvalue weighted by atomic mass is 10.2. The van der Waals surface area contributed by atoms with Crippen LogP contribution in [0.4, 0.5) is 0 Å².